The second-order valence-corrected chi connectivity index (χ2v) is 3.21. The highest BCUT2D eigenvalue weighted by molar-refractivity contribution is 5.72. The zero-order valence-corrected chi connectivity index (χ0v) is 8.12. The smallest absolute Gasteiger partial charge is 0.304 e. The van der Waals surface area contributed by atoms with Gasteiger partial charge in [0, 0.05) is 19.2 Å². The summed E-state index contributed by atoms with van der Waals surface area (Å²) >= 11 is 0. The Morgan fingerprint density at radius 2 is 1.93 bits per heavy atom. The number of carboxylic acids is 2. The van der Waals surface area contributed by atoms with E-state index in [0.717, 1.165) is 0 Å². The van der Waals surface area contributed by atoms with Gasteiger partial charge in [0.25, 0.3) is 0 Å². The fraction of sp³-hybridized carbons (Fsp3) is 0.500. The molecule has 0 aliphatic carbocycles. The second-order valence-electron chi connectivity index (χ2n) is 3.21. The maximum atomic E-state index is 10.5. The molecule has 15 heavy (non-hydrogen) atoms. The molecule has 82 valence electrons. The summed E-state index contributed by atoms with van der Waals surface area (Å²) in [5, 5.41) is 24.6. The first kappa shape index (κ1) is 11.2. The first-order chi connectivity index (χ1) is 6.99. The topological polar surface area (TPSA) is 105 Å². The van der Waals surface area contributed by atoms with E-state index in [1.54, 1.807) is 7.05 Å². The van der Waals surface area contributed by atoms with Gasteiger partial charge < -0.3 is 10.2 Å². The fourth-order valence-electron chi connectivity index (χ4n) is 1.26. The third kappa shape index (κ3) is 3.37. The van der Waals surface area contributed by atoms with Crippen LogP contribution in [0, 0.1) is 0 Å². The molecule has 7 heteroatoms. The SMILES string of the molecule is Cn1cc(C(CC(=O)O)CC(=O)O)nn1. The van der Waals surface area contributed by atoms with Gasteiger partial charge in [0.05, 0.1) is 18.5 Å². The molecule has 0 unspecified atom stereocenters. The average Bonchev–Trinajstić information content (AvgIpc) is 2.48. The highest BCUT2D eigenvalue weighted by Gasteiger charge is 2.21. The Morgan fingerprint density at radius 3 is 2.27 bits per heavy atom. The molecule has 2 N–H and O–H groups in total. The van der Waals surface area contributed by atoms with Crippen LogP contribution in [0.25, 0.3) is 0 Å². The van der Waals surface area contributed by atoms with Crippen LogP contribution in [0.15, 0.2) is 6.20 Å². The molecule has 1 heterocycles. The average molecular weight is 213 g/mol. The summed E-state index contributed by atoms with van der Waals surface area (Å²) < 4.78 is 1.41. The largest absolute Gasteiger partial charge is 0.481 e. The Kier molecular flexibility index (Phi) is 3.37. The van der Waals surface area contributed by atoms with Crippen LogP contribution in [-0.2, 0) is 16.6 Å². The lowest BCUT2D eigenvalue weighted by Crippen LogP contribution is -2.11. The lowest BCUT2D eigenvalue weighted by molar-refractivity contribution is -0.139. The van der Waals surface area contributed by atoms with E-state index in [1.807, 2.05) is 0 Å². The van der Waals surface area contributed by atoms with Crippen molar-refractivity contribution in [3.63, 3.8) is 0 Å². The molecule has 1 aromatic heterocycles. The number of nitrogens with zero attached hydrogens (tertiary/aromatic N) is 3. The van der Waals surface area contributed by atoms with Crippen LogP contribution in [0.4, 0.5) is 0 Å². The molecule has 7 nitrogen and oxygen atoms in total. The number of aromatic nitrogens is 3. The monoisotopic (exact) mass is 213 g/mol. The normalized spacial score (nSPS) is 10.5. The minimum absolute atomic E-state index is 0.259. The minimum Gasteiger partial charge on any atom is -0.481 e. The van der Waals surface area contributed by atoms with Gasteiger partial charge in [-0.3, -0.25) is 14.3 Å². The molecule has 0 fully saturated rings. The molecule has 0 radical (unpaired) electrons. The van der Waals surface area contributed by atoms with Gasteiger partial charge in [0.15, 0.2) is 0 Å². The van der Waals surface area contributed by atoms with E-state index in [1.165, 1.54) is 10.9 Å². The molecule has 1 rings (SSSR count). The van der Waals surface area contributed by atoms with Gasteiger partial charge in [0.2, 0.25) is 0 Å². The molecule has 0 atom stereocenters. The molecule has 0 aliphatic heterocycles. The lowest BCUT2D eigenvalue weighted by atomic mass is 9.98. The number of aliphatic carboxylic acids is 2. The van der Waals surface area contributed by atoms with Gasteiger partial charge in [-0.25, -0.2) is 0 Å². The summed E-state index contributed by atoms with van der Waals surface area (Å²) in [5.74, 6) is -2.73. The van der Waals surface area contributed by atoms with Gasteiger partial charge in [-0.15, -0.1) is 5.10 Å². The van der Waals surface area contributed by atoms with Crippen molar-refractivity contribution in [2.24, 2.45) is 7.05 Å². The highest BCUT2D eigenvalue weighted by atomic mass is 16.4. The van der Waals surface area contributed by atoms with Crippen molar-refractivity contribution in [3.8, 4) is 0 Å². The summed E-state index contributed by atoms with van der Waals surface area (Å²) in [4.78, 5) is 21.0. The van der Waals surface area contributed by atoms with Crippen LogP contribution in [-0.4, -0.2) is 37.1 Å². The van der Waals surface area contributed by atoms with Gasteiger partial charge in [-0.05, 0) is 0 Å². The van der Waals surface area contributed by atoms with Crippen molar-refractivity contribution in [1.82, 2.24) is 15.0 Å². The van der Waals surface area contributed by atoms with Gasteiger partial charge >= 0.3 is 11.9 Å². The van der Waals surface area contributed by atoms with Crippen molar-refractivity contribution >= 4 is 11.9 Å². The molecule has 0 bridgehead atoms. The van der Waals surface area contributed by atoms with Crippen molar-refractivity contribution in [2.75, 3.05) is 0 Å². The zero-order valence-electron chi connectivity index (χ0n) is 8.12. The molecule has 0 saturated carbocycles. The fourth-order valence-corrected chi connectivity index (χ4v) is 1.26. The number of rotatable bonds is 5. The molecule has 0 saturated heterocycles. The number of carboxylic acid groups (broad SMARTS) is 2. The Bertz CT molecular complexity index is 358. The Balaban J connectivity index is 2.80. The van der Waals surface area contributed by atoms with Crippen molar-refractivity contribution in [3.05, 3.63) is 11.9 Å². The molecular weight excluding hydrogens is 202 g/mol. The van der Waals surface area contributed by atoms with E-state index in [0.29, 0.717) is 5.69 Å². The minimum atomic E-state index is -1.05. The van der Waals surface area contributed by atoms with Gasteiger partial charge in [0.1, 0.15) is 0 Å². The summed E-state index contributed by atoms with van der Waals surface area (Å²) in [6.07, 6.45) is 1.01. The second kappa shape index (κ2) is 4.54. The highest BCUT2D eigenvalue weighted by Crippen LogP contribution is 2.20. The summed E-state index contributed by atoms with van der Waals surface area (Å²) in [6.45, 7) is 0. The summed E-state index contributed by atoms with van der Waals surface area (Å²) in [7, 11) is 1.63. The molecule has 0 amide bonds. The molecule has 0 aliphatic rings. The Hall–Kier alpha value is -1.92. The van der Waals surface area contributed by atoms with Crippen LogP contribution < -0.4 is 0 Å². The maximum absolute atomic E-state index is 10.5. The first-order valence-electron chi connectivity index (χ1n) is 4.29. The predicted octanol–water partition coefficient (Wildman–Crippen LogP) is -0.152. The van der Waals surface area contributed by atoms with E-state index < -0.39 is 17.9 Å². The number of aryl methyl sites for hydroxylation is 1. The number of hydrogen-bond donors (Lipinski definition) is 2. The van der Waals surface area contributed by atoms with E-state index in [9.17, 15) is 9.59 Å². The van der Waals surface area contributed by atoms with Crippen LogP contribution in [0.2, 0.25) is 0 Å². The molecule has 0 aromatic carbocycles. The Morgan fingerprint density at radius 1 is 1.40 bits per heavy atom. The molecule has 0 spiro atoms. The zero-order chi connectivity index (χ0) is 11.4. The van der Waals surface area contributed by atoms with E-state index in [2.05, 4.69) is 10.3 Å². The molecular formula is C8H11N3O4. The van der Waals surface area contributed by atoms with Gasteiger partial charge in [-0.2, -0.15) is 0 Å². The predicted molar refractivity (Wildman–Crippen MR) is 48.2 cm³/mol. The van der Waals surface area contributed by atoms with E-state index in [-0.39, 0.29) is 12.8 Å². The summed E-state index contributed by atoms with van der Waals surface area (Å²) in [6, 6.07) is 0. The van der Waals surface area contributed by atoms with Crippen LogP contribution in [0.5, 0.6) is 0 Å². The van der Waals surface area contributed by atoms with Crippen molar-refractivity contribution in [2.45, 2.75) is 18.8 Å². The van der Waals surface area contributed by atoms with Crippen molar-refractivity contribution < 1.29 is 19.8 Å². The van der Waals surface area contributed by atoms with E-state index in [4.69, 9.17) is 10.2 Å². The third-order valence-electron chi connectivity index (χ3n) is 1.88. The number of carbonyl (C=O) groups is 2. The van der Waals surface area contributed by atoms with E-state index >= 15 is 0 Å². The lowest BCUT2D eigenvalue weighted by Gasteiger charge is -2.07. The third-order valence-corrected chi connectivity index (χ3v) is 1.88. The van der Waals surface area contributed by atoms with Crippen LogP contribution in [0.3, 0.4) is 0 Å². The maximum Gasteiger partial charge on any atom is 0.304 e. The van der Waals surface area contributed by atoms with Gasteiger partial charge in [-0.1, -0.05) is 5.21 Å². The van der Waals surface area contributed by atoms with Crippen molar-refractivity contribution in [1.29, 1.82) is 0 Å². The standard InChI is InChI=1S/C8H11N3O4/c1-11-4-6(9-10-11)5(2-7(12)13)3-8(14)15/h4-5H,2-3H2,1H3,(H,12,13)(H,14,15). The van der Waals surface area contributed by atoms with Crippen LogP contribution in [0.1, 0.15) is 24.5 Å². The van der Waals surface area contributed by atoms with Crippen LogP contribution >= 0.6 is 0 Å². The Labute approximate surface area is 85.3 Å². The summed E-state index contributed by atoms with van der Waals surface area (Å²) in [5.41, 5.74) is 0.391. The quantitative estimate of drug-likeness (QED) is 0.704. The number of hydrogen-bond acceptors (Lipinski definition) is 4. The first-order valence-corrected chi connectivity index (χ1v) is 4.29. The molecule has 1 aromatic rings.